The summed E-state index contributed by atoms with van der Waals surface area (Å²) < 4.78 is 0. The molecule has 0 bridgehead atoms. The number of carbonyl (C=O) groups excluding carboxylic acids is 3. The Kier molecular flexibility index (Phi) is 8.41. The van der Waals surface area contributed by atoms with Gasteiger partial charge in [-0.1, -0.05) is 34.6 Å². The van der Waals surface area contributed by atoms with E-state index in [-0.39, 0.29) is 18.4 Å². The van der Waals surface area contributed by atoms with Gasteiger partial charge in [-0.15, -0.1) is 0 Å². The fourth-order valence-corrected chi connectivity index (χ4v) is 3.08. The van der Waals surface area contributed by atoms with E-state index in [0.29, 0.717) is 25.8 Å². The fourth-order valence-electron chi connectivity index (χ4n) is 3.08. The highest BCUT2D eigenvalue weighted by molar-refractivity contribution is 5.93. The average molecular weight is 399 g/mol. The van der Waals surface area contributed by atoms with Gasteiger partial charge in [0, 0.05) is 6.54 Å². The van der Waals surface area contributed by atoms with E-state index >= 15 is 0 Å². The maximum absolute atomic E-state index is 12.6. The van der Waals surface area contributed by atoms with Gasteiger partial charge in [-0.3, -0.25) is 14.4 Å². The summed E-state index contributed by atoms with van der Waals surface area (Å²) in [6.45, 7) is 9.41. The molecular weight excluding hydrogens is 364 g/mol. The summed E-state index contributed by atoms with van der Waals surface area (Å²) in [5.41, 5.74) is 5.61. The van der Waals surface area contributed by atoms with Crippen molar-refractivity contribution >= 4 is 23.7 Å². The highest BCUT2D eigenvalue weighted by atomic mass is 16.4. The molecule has 0 aromatic carbocycles. The van der Waals surface area contributed by atoms with Crippen LogP contribution in [0, 0.1) is 11.3 Å². The number of carboxylic acid groups (broad SMARTS) is 1. The molecule has 0 aromatic heterocycles. The van der Waals surface area contributed by atoms with Crippen molar-refractivity contribution in [2.24, 2.45) is 17.1 Å². The van der Waals surface area contributed by atoms with Crippen LogP contribution in [0.25, 0.3) is 0 Å². The molecule has 1 aliphatic heterocycles. The smallest absolute Gasteiger partial charge is 0.326 e. The number of hydrogen-bond donors (Lipinski definition) is 4. The molecule has 160 valence electrons. The van der Waals surface area contributed by atoms with Gasteiger partial charge in [-0.2, -0.15) is 0 Å². The van der Waals surface area contributed by atoms with Crippen LogP contribution in [0.2, 0.25) is 0 Å². The van der Waals surface area contributed by atoms with Gasteiger partial charge in [0.2, 0.25) is 17.7 Å². The van der Waals surface area contributed by atoms with Crippen LogP contribution in [0.1, 0.15) is 53.9 Å². The molecule has 1 saturated heterocycles. The van der Waals surface area contributed by atoms with Gasteiger partial charge in [0.1, 0.15) is 12.1 Å². The Balaban J connectivity index is 2.63. The Hall–Kier alpha value is -2.16. The third-order valence-electron chi connectivity index (χ3n) is 4.80. The van der Waals surface area contributed by atoms with E-state index in [2.05, 4.69) is 10.6 Å². The Morgan fingerprint density at radius 1 is 1.21 bits per heavy atom. The van der Waals surface area contributed by atoms with Gasteiger partial charge in [-0.05, 0) is 30.6 Å². The first kappa shape index (κ1) is 23.9. The maximum atomic E-state index is 12.6. The fraction of sp³-hybridized carbons (Fsp3) is 0.789. The Morgan fingerprint density at radius 3 is 2.32 bits per heavy atom. The molecule has 0 saturated carbocycles. The molecule has 0 unspecified atom stereocenters. The highest BCUT2D eigenvalue weighted by Gasteiger charge is 2.39. The van der Waals surface area contributed by atoms with Crippen molar-refractivity contribution in [2.75, 3.05) is 13.1 Å². The summed E-state index contributed by atoms with van der Waals surface area (Å²) in [5.74, 6) is -2.31. The number of nitrogens with zero attached hydrogens (tertiary/aromatic N) is 1. The van der Waals surface area contributed by atoms with Crippen LogP contribution in [0.3, 0.4) is 0 Å². The molecule has 1 rings (SSSR count). The van der Waals surface area contributed by atoms with Crippen molar-refractivity contribution in [3.05, 3.63) is 0 Å². The van der Waals surface area contributed by atoms with E-state index in [9.17, 15) is 24.3 Å². The first-order valence-corrected chi connectivity index (χ1v) is 9.70. The molecule has 1 heterocycles. The molecule has 28 heavy (non-hydrogen) atoms. The van der Waals surface area contributed by atoms with Crippen LogP contribution < -0.4 is 16.4 Å². The second-order valence-electron chi connectivity index (χ2n) is 8.84. The van der Waals surface area contributed by atoms with Crippen LogP contribution in [-0.4, -0.2) is 64.9 Å². The van der Waals surface area contributed by atoms with Crippen LogP contribution in [0.15, 0.2) is 0 Å². The lowest BCUT2D eigenvalue weighted by Crippen LogP contribution is -2.55. The minimum absolute atomic E-state index is 0.0982. The van der Waals surface area contributed by atoms with E-state index in [4.69, 9.17) is 5.73 Å². The number of likely N-dealkylation sites (tertiary alicyclic amines) is 1. The number of amides is 3. The van der Waals surface area contributed by atoms with Crippen LogP contribution in [0.4, 0.5) is 0 Å². The second kappa shape index (κ2) is 9.86. The summed E-state index contributed by atoms with van der Waals surface area (Å²) >= 11 is 0. The first-order chi connectivity index (χ1) is 12.8. The molecule has 1 aliphatic rings. The molecule has 0 spiro atoms. The average Bonchev–Trinajstić information content (AvgIpc) is 3.06. The topological polar surface area (TPSA) is 142 Å². The normalized spacial score (nSPS) is 19.2. The molecule has 0 radical (unpaired) electrons. The van der Waals surface area contributed by atoms with Crippen molar-refractivity contribution in [1.29, 1.82) is 0 Å². The number of aliphatic carboxylic acids is 1. The molecule has 0 aromatic rings. The SMILES string of the molecule is CC(C)C[C@H](NC(=O)CNC(=O)[C@H]1CCCN1C(=O)[C@@H](N)C(C)(C)C)C(=O)O. The lowest BCUT2D eigenvalue weighted by atomic mass is 9.86. The van der Waals surface area contributed by atoms with Gasteiger partial charge < -0.3 is 26.4 Å². The number of rotatable bonds is 8. The molecule has 9 heteroatoms. The predicted octanol–water partition coefficient (Wildman–Crippen LogP) is 0.0825. The van der Waals surface area contributed by atoms with E-state index in [1.54, 1.807) is 0 Å². The number of carboxylic acids is 1. The molecule has 3 atom stereocenters. The number of nitrogens with two attached hydrogens (primary N) is 1. The summed E-state index contributed by atoms with van der Waals surface area (Å²) in [7, 11) is 0. The van der Waals surface area contributed by atoms with Crippen molar-refractivity contribution < 1.29 is 24.3 Å². The summed E-state index contributed by atoms with van der Waals surface area (Å²) in [4.78, 5) is 49.9. The summed E-state index contributed by atoms with van der Waals surface area (Å²) in [6, 6.07) is -2.39. The zero-order valence-corrected chi connectivity index (χ0v) is 17.4. The van der Waals surface area contributed by atoms with Crippen LogP contribution in [-0.2, 0) is 19.2 Å². The van der Waals surface area contributed by atoms with Crippen LogP contribution in [0.5, 0.6) is 0 Å². The zero-order chi connectivity index (χ0) is 21.6. The Labute approximate surface area is 166 Å². The van der Waals surface area contributed by atoms with Crippen molar-refractivity contribution in [2.45, 2.75) is 72.0 Å². The molecule has 3 amide bonds. The molecular formula is C19H34N4O5. The lowest BCUT2D eigenvalue weighted by molar-refractivity contribution is -0.143. The molecule has 1 fully saturated rings. The number of carbonyl (C=O) groups is 4. The molecule has 0 aliphatic carbocycles. The maximum Gasteiger partial charge on any atom is 0.326 e. The Morgan fingerprint density at radius 2 is 1.82 bits per heavy atom. The lowest BCUT2D eigenvalue weighted by Gasteiger charge is -2.32. The zero-order valence-electron chi connectivity index (χ0n) is 17.4. The largest absolute Gasteiger partial charge is 0.480 e. The van der Waals surface area contributed by atoms with E-state index in [0.717, 1.165) is 0 Å². The van der Waals surface area contributed by atoms with Crippen molar-refractivity contribution in [1.82, 2.24) is 15.5 Å². The quantitative estimate of drug-likeness (QED) is 0.456. The van der Waals surface area contributed by atoms with Crippen molar-refractivity contribution in [3.63, 3.8) is 0 Å². The standard InChI is InChI=1S/C19H34N4O5/c1-11(2)9-12(18(27)28)22-14(24)10-21-16(25)13-7-6-8-23(13)17(26)15(20)19(3,4)5/h11-13,15H,6-10,20H2,1-5H3,(H,21,25)(H,22,24)(H,27,28)/t12-,13+,15+/m0/s1. The van der Waals surface area contributed by atoms with Crippen molar-refractivity contribution in [3.8, 4) is 0 Å². The molecule has 9 nitrogen and oxygen atoms in total. The van der Waals surface area contributed by atoms with Gasteiger partial charge in [0.05, 0.1) is 12.6 Å². The monoisotopic (exact) mass is 398 g/mol. The van der Waals surface area contributed by atoms with Crippen LogP contribution >= 0.6 is 0 Å². The van der Waals surface area contributed by atoms with E-state index in [1.807, 2.05) is 34.6 Å². The number of nitrogens with one attached hydrogen (secondary N) is 2. The van der Waals surface area contributed by atoms with Gasteiger partial charge >= 0.3 is 5.97 Å². The first-order valence-electron chi connectivity index (χ1n) is 9.70. The predicted molar refractivity (Wildman–Crippen MR) is 104 cm³/mol. The van der Waals surface area contributed by atoms with Gasteiger partial charge in [0.15, 0.2) is 0 Å². The highest BCUT2D eigenvalue weighted by Crippen LogP contribution is 2.24. The molecule has 5 N–H and O–H groups in total. The van der Waals surface area contributed by atoms with Gasteiger partial charge in [0.25, 0.3) is 0 Å². The minimum Gasteiger partial charge on any atom is -0.480 e. The summed E-state index contributed by atoms with van der Waals surface area (Å²) in [6.07, 6.45) is 1.48. The Bertz CT molecular complexity index is 600. The minimum atomic E-state index is -1.11. The third-order valence-corrected chi connectivity index (χ3v) is 4.80. The second-order valence-corrected chi connectivity index (χ2v) is 8.84. The third kappa shape index (κ3) is 6.78. The number of hydrogen-bond acceptors (Lipinski definition) is 5. The van der Waals surface area contributed by atoms with E-state index in [1.165, 1.54) is 4.90 Å². The summed E-state index contributed by atoms with van der Waals surface area (Å²) in [5, 5.41) is 14.1. The van der Waals surface area contributed by atoms with E-state index < -0.39 is 41.3 Å². The van der Waals surface area contributed by atoms with Gasteiger partial charge in [-0.25, -0.2) is 4.79 Å².